The third kappa shape index (κ3) is 3.33. The predicted octanol–water partition coefficient (Wildman–Crippen LogP) is 3.60. The number of carboxylic acid groups (broad SMARTS) is 1. The van der Waals surface area contributed by atoms with Crippen molar-refractivity contribution in [2.24, 2.45) is 0 Å². The van der Waals surface area contributed by atoms with Gasteiger partial charge in [-0.15, -0.1) is 0 Å². The molecule has 0 aliphatic carbocycles. The Balaban J connectivity index is 2.39. The fourth-order valence-corrected chi connectivity index (χ4v) is 2.06. The Hall–Kier alpha value is -1.95. The molecule has 2 aromatic rings. The first-order valence-electron chi connectivity index (χ1n) is 6.05. The number of hydrogen-bond donors (Lipinski definition) is 1. The van der Waals surface area contributed by atoms with Gasteiger partial charge in [-0.05, 0) is 31.5 Å². The van der Waals surface area contributed by atoms with E-state index >= 15 is 0 Å². The molecule has 1 N–H and O–H groups in total. The molecular formula is C14H13BrN2O3. The SMILES string of the molecule is CCc1cc(Oc2ccc(Br)cc2C(=O)O)nc(C)n1. The summed E-state index contributed by atoms with van der Waals surface area (Å²) in [4.78, 5) is 19.6. The van der Waals surface area contributed by atoms with E-state index in [1.54, 1.807) is 25.1 Å². The molecular weight excluding hydrogens is 324 g/mol. The van der Waals surface area contributed by atoms with Gasteiger partial charge in [0, 0.05) is 16.2 Å². The summed E-state index contributed by atoms with van der Waals surface area (Å²) in [6.45, 7) is 3.75. The van der Waals surface area contributed by atoms with Gasteiger partial charge in [-0.25, -0.2) is 9.78 Å². The minimum absolute atomic E-state index is 0.0775. The minimum atomic E-state index is -1.05. The van der Waals surface area contributed by atoms with E-state index in [1.807, 2.05) is 6.92 Å². The number of hydrogen-bond acceptors (Lipinski definition) is 4. The van der Waals surface area contributed by atoms with Gasteiger partial charge < -0.3 is 9.84 Å². The quantitative estimate of drug-likeness (QED) is 0.923. The number of halogens is 1. The molecule has 0 aliphatic heterocycles. The van der Waals surface area contributed by atoms with Crippen molar-refractivity contribution in [3.8, 4) is 11.6 Å². The Morgan fingerprint density at radius 3 is 2.75 bits per heavy atom. The molecule has 0 bridgehead atoms. The zero-order valence-corrected chi connectivity index (χ0v) is 12.6. The lowest BCUT2D eigenvalue weighted by Crippen LogP contribution is -2.02. The maximum Gasteiger partial charge on any atom is 0.339 e. The monoisotopic (exact) mass is 336 g/mol. The lowest BCUT2D eigenvalue weighted by molar-refractivity contribution is 0.0694. The number of nitrogens with zero attached hydrogens (tertiary/aromatic N) is 2. The van der Waals surface area contributed by atoms with Crippen LogP contribution in [0.5, 0.6) is 11.6 Å². The first-order chi connectivity index (χ1) is 9.49. The molecule has 1 heterocycles. The zero-order valence-electron chi connectivity index (χ0n) is 11.1. The maximum absolute atomic E-state index is 11.2. The van der Waals surface area contributed by atoms with Crippen LogP contribution < -0.4 is 4.74 Å². The van der Waals surface area contributed by atoms with Crippen LogP contribution in [-0.2, 0) is 6.42 Å². The Labute approximate surface area is 124 Å². The number of aromatic nitrogens is 2. The topological polar surface area (TPSA) is 72.3 Å². The first kappa shape index (κ1) is 14.5. The van der Waals surface area contributed by atoms with Crippen LogP contribution in [0.1, 0.15) is 28.8 Å². The lowest BCUT2D eigenvalue weighted by atomic mass is 10.2. The minimum Gasteiger partial charge on any atom is -0.478 e. The molecule has 0 amide bonds. The highest BCUT2D eigenvalue weighted by Gasteiger charge is 2.13. The number of carboxylic acids is 1. The van der Waals surface area contributed by atoms with E-state index in [9.17, 15) is 9.90 Å². The van der Waals surface area contributed by atoms with Crippen LogP contribution in [0, 0.1) is 6.92 Å². The van der Waals surface area contributed by atoms with Crippen molar-refractivity contribution in [1.29, 1.82) is 0 Å². The van der Waals surface area contributed by atoms with Crippen molar-refractivity contribution in [2.45, 2.75) is 20.3 Å². The van der Waals surface area contributed by atoms with E-state index in [0.29, 0.717) is 16.2 Å². The smallest absolute Gasteiger partial charge is 0.339 e. The Bertz CT molecular complexity index is 659. The van der Waals surface area contributed by atoms with Crippen molar-refractivity contribution >= 4 is 21.9 Å². The number of benzene rings is 1. The molecule has 0 saturated carbocycles. The number of carbonyl (C=O) groups is 1. The van der Waals surface area contributed by atoms with Gasteiger partial charge in [-0.1, -0.05) is 22.9 Å². The lowest BCUT2D eigenvalue weighted by Gasteiger charge is -2.09. The third-order valence-electron chi connectivity index (χ3n) is 2.62. The van der Waals surface area contributed by atoms with E-state index in [-0.39, 0.29) is 11.3 Å². The molecule has 0 radical (unpaired) electrons. The molecule has 0 spiro atoms. The Kier molecular flexibility index (Phi) is 4.34. The van der Waals surface area contributed by atoms with E-state index < -0.39 is 5.97 Å². The second-order valence-corrected chi connectivity index (χ2v) is 5.06. The Morgan fingerprint density at radius 2 is 2.10 bits per heavy atom. The van der Waals surface area contributed by atoms with Crippen LogP contribution in [0.15, 0.2) is 28.7 Å². The molecule has 2 rings (SSSR count). The summed E-state index contributed by atoms with van der Waals surface area (Å²) in [5.74, 6) is 0.135. The third-order valence-corrected chi connectivity index (χ3v) is 3.11. The average molecular weight is 337 g/mol. The number of ether oxygens (including phenoxy) is 1. The van der Waals surface area contributed by atoms with Crippen molar-refractivity contribution < 1.29 is 14.6 Å². The highest BCUT2D eigenvalue weighted by atomic mass is 79.9. The summed E-state index contributed by atoms with van der Waals surface area (Å²) in [6, 6.07) is 6.51. The molecule has 1 aromatic carbocycles. The standard InChI is InChI=1S/C14H13BrN2O3/c1-3-10-7-13(17-8(2)16-10)20-12-5-4-9(15)6-11(12)14(18)19/h4-7H,3H2,1-2H3,(H,18,19). The summed E-state index contributed by atoms with van der Waals surface area (Å²) in [6.07, 6.45) is 0.756. The van der Waals surface area contributed by atoms with Crippen LogP contribution >= 0.6 is 15.9 Å². The second-order valence-electron chi connectivity index (χ2n) is 4.15. The molecule has 0 fully saturated rings. The van der Waals surface area contributed by atoms with Gasteiger partial charge in [0.2, 0.25) is 5.88 Å². The fourth-order valence-electron chi connectivity index (χ4n) is 1.70. The van der Waals surface area contributed by atoms with E-state index in [2.05, 4.69) is 25.9 Å². The van der Waals surface area contributed by atoms with Crippen molar-refractivity contribution in [1.82, 2.24) is 9.97 Å². The highest BCUT2D eigenvalue weighted by Crippen LogP contribution is 2.27. The van der Waals surface area contributed by atoms with Crippen molar-refractivity contribution in [3.05, 3.63) is 45.8 Å². The normalized spacial score (nSPS) is 10.3. The molecule has 0 unspecified atom stereocenters. The van der Waals surface area contributed by atoms with Gasteiger partial charge in [0.1, 0.15) is 17.1 Å². The van der Waals surface area contributed by atoms with Gasteiger partial charge in [0.15, 0.2) is 0 Å². The summed E-state index contributed by atoms with van der Waals surface area (Å²) in [5, 5.41) is 9.19. The molecule has 6 heteroatoms. The predicted molar refractivity (Wildman–Crippen MR) is 77.3 cm³/mol. The van der Waals surface area contributed by atoms with Crippen molar-refractivity contribution in [2.75, 3.05) is 0 Å². The second kappa shape index (κ2) is 6.00. The number of aromatic carboxylic acids is 1. The fraction of sp³-hybridized carbons (Fsp3) is 0.214. The molecule has 0 atom stereocenters. The first-order valence-corrected chi connectivity index (χ1v) is 6.84. The van der Waals surface area contributed by atoms with E-state index in [0.717, 1.165) is 12.1 Å². The number of aryl methyl sites for hydroxylation is 2. The summed E-state index contributed by atoms with van der Waals surface area (Å²) in [5.41, 5.74) is 0.926. The van der Waals surface area contributed by atoms with Crippen LogP contribution in [-0.4, -0.2) is 21.0 Å². The van der Waals surface area contributed by atoms with Gasteiger partial charge in [-0.3, -0.25) is 0 Å². The van der Waals surface area contributed by atoms with Crippen LogP contribution in [0.3, 0.4) is 0 Å². The molecule has 5 nitrogen and oxygen atoms in total. The summed E-state index contributed by atoms with van der Waals surface area (Å²) < 4.78 is 6.27. The molecule has 0 aliphatic rings. The molecule has 104 valence electrons. The Morgan fingerprint density at radius 1 is 1.35 bits per heavy atom. The van der Waals surface area contributed by atoms with Crippen molar-refractivity contribution in [3.63, 3.8) is 0 Å². The largest absolute Gasteiger partial charge is 0.478 e. The van der Waals surface area contributed by atoms with Gasteiger partial charge >= 0.3 is 5.97 Å². The summed E-state index contributed by atoms with van der Waals surface area (Å²) in [7, 11) is 0. The van der Waals surface area contributed by atoms with Gasteiger partial charge in [0.05, 0.1) is 0 Å². The zero-order chi connectivity index (χ0) is 14.7. The summed E-state index contributed by atoms with van der Waals surface area (Å²) >= 11 is 3.24. The van der Waals surface area contributed by atoms with Crippen LogP contribution in [0.4, 0.5) is 0 Å². The van der Waals surface area contributed by atoms with Gasteiger partial charge in [0.25, 0.3) is 0 Å². The molecule has 1 aromatic heterocycles. The van der Waals surface area contributed by atoms with Crippen LogP contribution in [0.25, 0.3) is 0 Å². The average Bonchev–Trinajstić information content (AvgIpc) is 2.40. The van der Waals surface area contributed by atoms with E-state index in [1.165, 1.54) is 6.07 Å². The van der Waals surface area contributed by atoms with E-state index in [4.69, 9.17) is 4.74 Å². The molecule has 0 saturated heterocycles. The maximum atomic E-state index is 11.2. The number of rotatable bonds is 4. The highest BCUT2D eigenvalue weighted by molar-refractivity contribution is 9.10. The van der Waals surface area contributed by atoms with Gasteiger partial charge in [-0.2, -0.15) is 4.98 Å². The van der Waals surface area contributed by atoms with Crippen LogP contribution in [0.2, 0.25) is 0 Å². The molecule has 20 heavy (non-hydrogen) atoms.